The molecule has 0 radical (unpaired) electrons. The van der Waals surface area contributed by atoms with Gasteiger partial charge in [0.25, 0.3) is 5.91 Å². The lowest BCUT2D eigenvalue weighted by atomic mass is 9.77. The molecule has 1 amide bonds. The zero-order valence-corrected chi connectivity index (χ0v) is 17.5. The number of benzene rings is 1. The van der Waals surface area contributed by atoms with Gasteiger partial charge in [-0.05, 0) is 51.2 Å². The van der Waals surface area contributed by atoms with E-state index in [9.17, 15) is 35.5 Å². The molecule has 0 saturated carbocycles. The van der Waals surface area contributed by atoms with Crippen LogP contribution in [0.2, 0.25) is 0 Å². The van der Waals surface area contributed by atoms with Crippen molar-refractivity contribution in [1.82, 2.24) is 5.06 Å². The Morgan fingerprint density at radius 3 is 2.17 bits per heavy atom. The Morgan fingerprint density at radius 2 is 1.69 bits per heavy atom. The standard InChI is InChI=1S/C18H17F7INO2/c1-11(26)13-8-27(29-9-12-6-4-3-5-7-12)14(28)15(13,2)10-16(19,20)17(21,22)18(23,24)25/h3-7H,8-10H2,1-2H3/b13-11+/t15-/m0/s1. The first-order chi connectivity index (χ1) is 13.1. The monoisotopic (exact) mass is 539 g/mol. The van der Waals surface area contributed by atoms with Crippen LogP contribution < -0.4 is 0 Å². The van der Waals surface area contributed by atoms with Crippen molar-refractivity contribution in [1.29, 1.82) is 0 Å². The molecular weight excluding hydrogens is 522 g/mol. The Labute approximate surface area is 176 Å². The maximum absolute atomic E-state index is 14.1. The molecule has 0 aliphatic carbocycles. The van der Waals surface area contributed by atoms with Crippen molar-refractivity contribution < 1.29 is 40.4 Å². The summed E-state index contributed by atoms with van der Waals surface area (Å²) in [5, 5.41) is 0.728. The van der Waals surface area contributed by atoms with Crippen LogP contribution in [0.4, 0.5) is 30.7 Å². The van der Waals surface area contributed by atoms with E-state index in [-0.39, 0.29) is 18.7 Å². The lowest BCUT2D eigenvalue weighted by Crippen LogP contribution is -2.54. The number of allylic oxidation sites excluding steroid dienone is 1. The second-order valence-corrected chi connectivity index (χ2v) is 8.52. The number of nitrogens with zero attached hydrogens (tertiary/aromatic N) is 1. The molecule has 1 aliphatic rings. The number of carbonyl (C=O) groups is 1. The minimum absolute atomic E-state index is 0.00816. The number of carbonyl (C=O) groups excluding carboxylic acids is 1. The van der Waals surface area contributed by atoms with Gasteiger partial charge in [0.15, 0.2) is 0 Å². The van der Waals surface area contributed by atoms with Crippen molar-refractivity contribution >= 4 is 28.5 Å². The largest absolute Gasteiger partial charge is 0.459 e. The van der Waals surface area contributed by atoms with E-state index in [1.165, 1.54) is 6.92 Å². The normalized spacial score (nSPS) is 23.0. The summed E-state index contributed by atoms with van der Waals surface area (Å²) < 4.78 is 92.8. The molecule has 162 valence electrons. The van der Waals surface area contributed by atoms with E-state index in [0.29, 0.717) is 9.14 Å². The maximum atomic E-state index is 14.1. The third-order valence-corrected chi connectivity index (χ3v) is 5.35. The van der Waals surface area contributed by atoms with E-state index in [2.05, 4.69) is 0 Å². The molecule has 1 aromatic carbocycles. The van der Waals surface area contributed by atoms with Crippen LogP contribution >= 0.6 is 22.6 Å². The summed E-state index contributed by atoms with van der Waals surface area (Å²) >= 11 is 1.71. The molecule has 0 N–H and O–H groups in total. The topological polar surface area (TPSA) is 29.5 Å². The molecule has 0 spiro atoms. The molecule has 29 heavy (non-hydrogen) atoms. The van der Waals surface area contributed by atoms with Crippen LogP contribution in [0.5, 0.6) is 0 Å². The van der Waals surface area contributed by atoms with E-state index in [1.54, 1.807) is 52.9 Å². The Kier molecular flexibility index (Phi) is 6.63. The molecule has 1 fully saturated rings. The Hall–Kier alpha value is -1.37. The van der Waals surface area contributed by atoms with Crippen molar-refractivity contribution in [3.63, 3.8) is 0 Å². The van der Waals surface area contributed by atoms with Crippen molar-refractivity contribution in [2.75, 3.05) is 6.54 Å². The van der Waals surface area contributed by atoms with Crippen LogP contribution in [0.3, 0.4) is 0 Å². The molecule has 1 aromatic rings. The molecule has 1 saturated heterocycles. The zero-order valence-electron chi connectivity index (χ0n) is 15.3. The van der Waals surface area contributed by atoms with Gasteiger partial charge in [0.1, 0.15) is 6.61 Å². The van der Waals surface area contributed by atoms with Crippen LogP contribution in [-0.2, 0) is 16.2 Å². The van der Waals surface area contributed by atoms with Gasteiger partial charge >= 0.3 is 18.0 Å². The van der Waals surface area contributed by atoms with E-state index in [0.717, 1.165) is 12.0 Å². The average Bonchev–Trinajstić information content (AvgIpc) is 2.83. The average molecular weight is 539 g/mol. The number of hydroxylamine groups is 2. The third kappa shape index (κ3) is 4.54. The molecule has 1 atom stereocenters. The molecule has 11 heteroatoms. The van der Waals surface area contributed by atoms with E-state index in [1.807, 2.05) is 0 Å². The highest BCUT2D eigenvalue weighted by atomic mass is 127. The lowest BCUT2D eigenvalue weighted by Gasteiger charge is -2.34. The molecule has 0 unspecified atom stereocenters. The van der Waals surface area contributed by atoms with Gasteiger partial charge in [0.05, 0.1) is 12.0 Å². The second-order valence-electron chi connectivity index (χ2n) is 6.90. The van der Waals surface area contributed by atoms with Crippen molar-refractivity contribution in [2.45, 2.75) is 44.9 Å². The number of rotatable bonds is 6. The Balaban J connectivity index is 2.31. The SMILES string of the molecule is C/C(I)=C1/CN(OCc2ccccc2)C(=O)[C@@]1(C)CC(F)(F)C(F)(F)C(F)(F)F. The van der Waals surface area contributed by atoms with E-state index < -0.39 is 35.8 Å². The minimum Gasteiger partial charge on any atom is -0.272 e. The highest BCUT2D eigenvalue weighted by Gasteiger charge is 2.74. The fraction of sp³-hybridized carbons (Fsp3) is 0.500. The summed E-state index contributed by atoms with van der Waals surface area (Å²) in [6.07, 6.45) is -8.46. The fourth-order valence-electron chi connectivity index (χ4n) is 3.06. The van der Waals surface area contributed by atoms with Gasteiger partial charge in [-0.15, -0.1) is 0 Å². The molecule has 2 rings (SSSR count). The van der Waals surface area contributed by atoms with Crippen LogP contribution in [0.15, 0.2) is 39.5 Å². The number of amides is 1. The first-order valence-electron chi connectivity index (χ1n) is 8.30. The van der Waals surface area contributed by atoms with E-state index >= 15 is 0 Å². The molecule has 3 nitrogen and oxygen atoms in total. The predicted molar refractivity (Wildman–Crippen MR) is 98.3 cm³/mol. The van der Waals surface area contributed by atoms with Gasteiger partial charge in [-0.1, -0.05) is 30.3 Å². The predicted octanol–water partition coefficient (Wildman–Crippen LogP) is 5.90. The highest BCUT2D eigenvalue weighted by Crippen LogP contribution is 2.54. The van der Waals surface area contributed by atoms with Gasteiger partial charge in [-0.25, -0.2) is 5.06 Å². The smallest absolute Gasteiger partial charge is 0.272 e. The summed E-state index contributed by atoms with van der Waals surface area (Å²) in [5.41, 5.74) is -1.62. The minimum atomic E-state index is -6.46. The Bertz CT molecular complexity index is 791. The number of halogens is 8. The lowest BCUT2D eigenvalue weighted by molar-refractivity contribution is -0.358. The zero-order chi connectivity index (χ0) is 22.3. The van der Waals surface area contributed by atoms with Crippen LogP contribution in [-0.4, -0.2) is 35.5 Å². The van der Waals surface area contributed by atoms with Gasteiger partial charge in [0.2, 0.25) is 0 Å². The van der Waals surface area contributed by atoms with Gasteiger partial charge in [0, 0.05) is 6.42 Å². The van der Waals surface area contributed by atoms with E-state index in [4.69, 9.17) is 4.84 Å². The summed E-state index contributed by atoms with van der Waals surface area (Å²) in [6, 6.07) is 8.50. The number of alkyl halides is 7. The highest BCUT2D eigenvalue weighted by molar-refractivity contribution is 14.1. The summed E-state index contributed by atoms with van der Waals surface area (Å²) in [7, 11) is 0. The van der Waals surface area contributed by atoms with Crippen LogP contribution in [0.1, 0.15) is 25.8 Å². The second kappa shape index (κ2) is 8.05. The van der Waals surface area contributed by atoms with Gasteiger partial charge in [-0.2, -0.15) is 30.7 Å². The summed E-state index contributed by atoms with van der Waals surface area (Å²) in [4.78, 5) is 18.1. The molecule has 0 bridgehead atoms. The van der Waals surface area contributed by atoms with Gasteiger partial charge in [-0.3, -0.25) is 9.63 Å². The summed E-state index contributed by atoms with van der Waals surface area (Å²) in [6.45, 7) is 1.96. The van der Waals surface area contributed by atoms with Crippen molar-refractivity contribution in [3.05, 3.63) is 45.0 Å². The van der Waals surface area contributed by atoms with Crippen LogP contribution in [0.25, 0.3) is 0 Å². The molecule has 1 heterocycles. The molecule has 0 aromatic heterocycles. The molecule has 1 aliphatic heterocycles. The van der Waals surface area contributed by atoms with Crippen molar-refractivity contribution in [2.24, 2.45) is 5.41 Å². The number of hydrogen-bond acceptors (Lipinski definition) is 2. The van der Waals surface area contributed by atoms with Crippen molar-refractivity contribution in [3.8, 4) is 0 Å². The maximum Gasteiger partial charge on any atom is 0.459 e. The number of hydrogen-bond donors (Lipinski definition) is 0. The quantitative estimate of drug-likeness (QED) is 0.333. The molecular formula is C18H17F7INO2. The summed E-state index contributed by atoms with van der Waals surface area (Å²) in [5.74, 6) is -12.9. The Morgan fingerprint density at radius 1 is 1.14 bits per heavy atom. The fourth-order valence-corrected chi connectivity index (χ4v) is 3.82. The third-order valence-electron chi connectivity index (χ3n) is 4.70. The first-order valence-corrected chi connectivity index (χ1v) is 9.38. The van der Waals surface area contributed by atoms with Crippen LogP contribution in [0, 0.1) is 5.41 Å². The first kappa shape index (κ1) is 23.9. The van der Waals surface area contributed by atoms with Gasteiger partial charge < -0.3 is 0 Å².